The molecule has 0 saturated heterocycles. The summed E-state index contributed by atoms with van der Waals surface area (Å²) in [4.78, 5) is 12.7. The number of rotatable bonds is 6. The number of aliphatic hydroxyl groups excluding tert-OH is 1. The maximum atomic E-state index is 11.9. The maximum absolute atomic E-state index is 11.9. The van der Waals surface area contributed by atoms with E-state index in [1.165, 1.54) is 11.3 Å². The number of carbonyl (C=O) groups excluding carboxylic acids is 1. The van der Waals surface area contributed by atoms with Gasteiger partial charge in [-0.25, -0.2) is 0 Å². The van der Waals surface area contributed by atoms with E-state index in [1.54, 1.807) is 0 Å². The molecule has 0 aliphatic carbocycles. The van der Waals surface area contributed by atoms with E-state index in [9.17, 15) is 9.90 Å². The number of hydrogen-bond acceptors (Lipinski definition) is 3. The Morgan fingerprint density at radius 2 is 2.12 bits per heavy atom. The second-order valence-corrected chi connectivity index (χ2v) is 5.40. The van der Waals surface area contributed by atoms with Crippen LogP contribution < -0.4 is 5.32 Å². The van der Waals surface area contributed by atoms with Crippen LogP contribution in [0.1, 0.15) is 41.9 Å². The van der Waals surface area contributed by atoms with Crippen LogP contribution in [0, 0.1) is 12.3 Å². The lowest BCUT2D eigenvalue weighted by atomic mass is 9.83. The van der Waals surface area contributed by atoms with Gasteiger partial charge in [0.05, 0.1) is 11.5 Å². The van der Waals surface area contributed by atoms with Gasteiger partial charge in [-0.15, -0.1) is 11.3 Å². The Morgan fingerprint density at radius 3 is 2.53 bits per heavy atom. The van der Waals surface area contributed by atoms with Gasteiger partial charge >= 0.3 is 0 Å². The summed E-state index contributed by atoms with van der Waals surface area (Å²) in [5.41, 5.74) is 0.830. The molecule has 0 spiro atoms. The van der Waals surface area contributed by atoms with Crippen molar-refractivity contribution < 1.29 is 9.90 Å². The first-order chi connectivity index (χ1) is 8.08. The largest absolute Gasteiger partial charge is 0.396 e. The molecule has 0 atom stereocenters. The standard InChI is InChI=1S/C13H21NO2S/c1-4-13(5-2,9-15)8-14-12(16)11-10(3)6-7-17-11/h6-7,15H,4-5,8-9H2,1-3H3,(H,14,16). The van der Waals surface area contributed by atoms with Gasteiger partial charge in [-0.05, 0) is 36.8 Å². The van der Waals surface area contributed by atoms with Crippen LogP contribution in [0.25, 0.3) is 0 Å². The van der Waals surface area contributed by atoms with E-state index < -0.39 is 0 Å². The van der Waals surface area contributed by atoms with Crippen LogP contribution in [0.15, 0.2) is 11.4 Å². The molecule has 1 aromatic rings. The second-order valence-electron chi connectivity index (χ2n) is 4.48. The minimum atomic E-state index is -0.180. The van der Waals surface area contributed by atoms with Gasteiger partial charge in [-0.2, -0.15) is 0 Å². The molecule has 0 aliphatic heterocycles. The summed E-state index contributed by atoms with van der Waals surface area (Å²) < 4.78 is 0. The van der Waals surface area contributed by atoms with E-state index in [4.69, 9.17) is 0 Å². The third-order valence-corrected chi connectivity index (χ3v) is 4.54. The molecule has 1 aromatic heterocycles. The molecule has 0 aliphatic rings. The zero-order valence-corrected chi connectivity index (χ0v) is 11.6. The van der Waals surface area contributed by atoms with Crippen LogP contribution in [0.3, 0.4) is 0 Å². The van der Waals surface area contributed by atoms with Crippen LogP contribution in [0.4, 0.5) is 0 Å². The summed E-state index contributed by atoms with van der Waals surface area (Å²) in [6.07, 6.45) is 1.73. The van der Waals surface area contributed by atoms with E-state index in [0.29, 0.717) is 6.54 Å². The van der Waals surface area contributed by atoms with Crippen LogP contribution in [-0.2, 0) is 0 Å². The summed E-state index contributed by atoms with van der Waals surface area (Å²) in [5, 5.41) is 14.3. The van der Waals surface area contributed by atoms with E-state index in [1.807, 2.05) is 32.2 Å². The Bertz CT molecular complexity index is 361. The van der Waals surface area contributed by atoms with Crippen molar-refractivity contribution in [1.82, 2.24) is 5.32 Å². The smallest absolute Gasteiger partial charge is 0.261 e. The highest BCUT2D eigenvalue weighted by atomic mass is 32.1. The summed E-state index contributed by atoms with van der Waals surface area (Å²) in [6, 6.07) is 1.94. The Morgan fingerprint density at radius 1 is 1.47 bits per heavy atom. The number of hydrogen-bond donors (Lipinski definition) is 2. The highest BCUT2D eigenvalue weighted by molar-refractivity contribution is 7.12. The second kappa shape index (κ2) is 6.17. The van der Waals surface area contributed by atoms with Crippen LogP contribution in [-0.4, -0.2) is 24.2 Å². The van der Waals surface area contributed by atoms with Gasteiger partial charge in [0.2, 0.25) is 0 Å². The fraction of sp³-hybridized carbons (Fsp3) is 0.615. The molecule has 0 radical (unpaired) electrons. The fourth-order valence-corrected chi connectivity index (χ4v) is 2.57. The Balaban J connectivity index is 2.62. The SMILES string of the molecule is CCC(CC)(CO)CNC(=O)c1sccc1C. The van der Waals surface area contributed by atoms with Crippen LogP contribution in [0.2, 0.25) is 0 Å². The maximum Gasteiger partial charge on any atom is 0.261 e. The summed E-state index contributed by atoms with van der Waals surface area (Å²) in [5.74, 6) is -0.0303. The van der Waals surface area contributed by atoms with E-state index in [-0.39, 0.29) is 17.9 Å². The quantitative estimate of drug-likeness (QED) is 0.821. The first kappa shape index (κ1) is 14.2. The first-order valence-corrected chi connectivity index (χ1v) is 6.89. The minimum absolute atomic E-state index is 0.0303. The third-order valence-electron chi connectivity index (χ3n) is 3.53. The van der Waals surface area contributed by atoms with Gasteiger partial charge in [0.25, 0.3) is 5.91 Å². The molecule has 3 nitrogen and oxygen atoms in total. The van der Waals surface area contributed by atoms with Crippen molar-refractivity contribution in [3.05, 3.63) is 21.9 Å². The van der Waals surface area contributed by atoms with E-state index >= 15 is 0 Å². The molecule has 1 amide bonds. The fourth-order valence-electron chi connectivity index (χ4n) is 1.73. The summed E-state index contributed by atoms with van der Waals surface area (Å²) in [6.45, 7) is 6.67. The average molecular weight is 255 g/mol. The first-order valence-electron chi connectivity index (χ1n) is 6.01. The van der Waals surface area contributed by atoms with E-state index in [2.05, 4.69) is 5.32 Å². The molecule has 1 rings (SSSR count). The van der Waals surface area contributed by atoms with Gasteiger partial charge in [0.1, 0.15) is 0 Å². The van der Waals surface area contributed by atoms with Gasteiger partial charge in [0.15, 0.2) is 0 Å². The Labute approximate surface area is 107 Å². The van der Waals surface area contributed by atoms with Gasteiger partial charge in [-0.1, -0.05) is 13.8 Å². The number of amides is 1. The zero-order valence-electron chi connectivity index (χ0n) is 10.7. The number of aryl methyl sites for hydroxylation is 1. The molecular weight excluding hydrogens is 234 g/mol. The molecule has 0 bridgehead atoms. The molecule has 96 valence electrons. The monoisotopic (exact) mass is 255 g/mol. The lowest BCUT2D eigenvalue weighted by Gasteiger charge is -2.29. The van der Waals surface area contributed by atoms with Crippen molar-refractivity contribution in [2.45, 2.75) is 33.6 Å². The highest BCUT2D eigenvalue weighted by Crippen LogP contribution is 2.25. The molecule has 0 fully saturated rings. The Kier molecular flexibility index (Phi) is 5.15. The lowest BCUT2D eigenvalue weighted by molar-refractivity contribution is 0.0854. The normalized spacial score (nSPS) is 11.5. The molecule has 1 heterocycles. The van der Waals surface area contributed by atoms with Gasteiger partial charge in [0, 0.05) is 12.0 Å². The predicted octanol–water partition coefficient (Wildman–Crippen LogP) is 2.59. The summed E-state index contributed by atoms with van der Waals surface area (Å²) >= 11 is 1.46. The van der Waals surface area contributed by atoms with Crippen LogP contribution >= 0.6 is 11.3 Å². The van der Waals surface area contributed by atoms with Crippen molar-refractivity contribution in [3.63, 3.8) is 0 Å². The average Bonchev–Trinajstić information content (AvgIpc) is 2.78. The lowest BCUT2D eigenvalue weighted by Crippen LogP contribution is -2.39. The molecule has 2 N–H and O–H groups in total. The number of carbonyl (C=O) groups is 1. The zero-order chi connectivity index (χ0) is 12.9. The molecule has 0 aromatic carbocycles. The number of thiophene rings is 1. The van der Waals surface area contributed by atoms with Crippen molar-refractivity contribution >= 4 is 17.2 Å². The van der Waals surface area contributed by atoms with E-state index in [0.717, 1.165) is 23.3 Å². The molecule has 4 heteroatoms. The third kappa shape index (κ3) is 3.30. The predicted molar refractivity (Wildman–Crippen MR) is 71.5 cm³/mol. The number of nitrogens with one attached hydrogen (secondary N) is 1. The summed E-state index contributed by atoms with van der Waals surface area (Å²) in [7, 11) is 0. The molecule has 17 heavy (non-hydrogen) atoms. The van der Waals surface area contributed by atoms with Crippen LogP contribution in [0.5, 0.6) is 0 Å². The molecule has 0 unspecified atom stereocenters. The van der Waals surface area contributed by atoms with Crippen molar-refractivity contribution in [2.24, 2.45) is 5.41 Å². The highest BCUT2D eigenvalue weighted by Gasteiger charge is 2.26. The van der Waals surface area contributed by atoms with Gasteiger partial charge < -0.3 is 10.4 Å². The molecular formula is C13H21NO2S. The van der Waals surface area contributed by atoms with Crippen molar-refractivity contribution in [2.75, 3.05) is 13.2 Å². The van der Waals surface area contributed by atoms with Crippen molar-refractivity contribution in [1.29, 1.82) is 0 Å². The minimum Gasteiger partial charge on any atom is -0.396 e. The Hall–Kier alpha value is -0.870. The molecule has 0 saturated carbocycles. The topological polar surface area (TPSA) is 49.3 Å². The number of aliphatic hydroxyl groups is 1. The van der Waals surface area contributed by atoms with Gasteiger partial charge in [-0.3, -0.25) is 4.79 Å². The van der Waals surface area contributed by atoms with Crippen molar-refractivity contribution in [3.8, 4) is 0 Å².